The third kappa shape index (κ3) is 3.20. The Morgan fingerprint density at radius 1 is 1.35 bits per heavy atom. The second kappa shape index (κ2) is 6.15. The second-order valence-electron chi connectivity index (χ2n) is 5.01. The van der Waals surface area contributed by atoms with Gasteiger partial charge in [-0.3, -0.25) is 4.68 Å². The lowest BCUT2D eigenvalue weighted by molar-refractivity contribution is -0.0495. The van der Waals surface area contributed by atoms with E-state index >= 15 is 0 Å². The maximum atomic E-state index is 12.4. The van der Waals surface area contributed by atoms with Crippen LogP contribution in [0.1, 0.15) is 11.3 Å². The first-order valence-electron chi connectivity index (χ1n) is 6.96. The highest BCUT2D eigenvalue weighted by molar-refractivity contribution is 5.78. The Balaban J connectivity index is 1.80. The van der Waals surface area contributed by atoms with E-state index in [2.05, 4.69) is 25.1 Å². The molecule has 3 rings (SSSR count). The van der Waals surface area contributed by atoms with Gasteiger partial charge in [-0.05, 0) is 30.7 Å². The van der Waals surface area contributed by atoms with E-state index in [1.165, 1.54) is 18.3 Å². The molecule has 0 bridgehead atoms. The topological polar surface area (TPSA) is 64.9 Å². The normalized spacial score (nSPS) is 11.2. The van der Waals surface area contributed by atoms with Gasteiger partial charge in [0.05, 0.1) is 5.69 Å². The maximum absolute atomic E-state index is 12.4. The minimum absolute atomic E-state index is 0.00842. The fraction of sp³-hybridized carbons (Fsp3) is 0.267. The largest absolute Gasteiger partial charge is 0.431 e. The molecule has 0 aliphatic heterocycles. The predicted octanol–water partition coefficient (Wildman–Crippen LogP) is 2.89. The summed E-state index contributed by atoms with van der Waals surface area (Å²) >= 11 is 0. The van der Waals surface area contributed by atoms with Gasteiger partial charge in [0.15, 0.2) is 17.2 Å². The summed E-state index contributed by atoms with van der Waals surface area (Å²) in [5, 5.41) is 8.26. The first-order chi connectivity index (χ1) is 11.0. The Hall–Kier alpha value is -2.77. The van der Waals surface area contributed by atoms with Gasteiger partial charge in [0, 0.05) is 31.4 Å². The summed E-state index contributed by atoms with van der Waals surface area (Å²) in [6.45, 7) is -0.599. The van der Waals surface area contributed by atoms with Gasteiger partial charge < -0.3 is 10.1 Å². The third-order valence-corrected chi connectivity index (χ3v) is 3.37. The smallest absolute Gasteiger partial charge is 0.387 e. The lowest BCUT2D eigenvalue weighted by atomic mass is 10.2. The monoisotopic (exact) mass is 319 g/mol. The van der Waals surface area contributed by atoms with Crippen LogP contribution in [0.3, 0.4) is 0 Å². The van der Waals surface area contributed by atoms with Crippen LogP contribution in [0.2, 0.25) is 0 Å². The van der Waals surface area contributed by atoms with Crippen LogP contribution in [0, 0.1) is 6.92 Å². The van der Waals surface area contributed by atoms with Crippen molar-refractivity contribution in [1.29, 1.82) is 0 Å². The zero-order valence-electron chi connectivity index (χ0n) is 12.6. The molecule has 1 N–H and O–H groups in total. The van der Waals surface area contributed by atoms with Gasteiger partial charge in [0.1, 0.15) is 0 Å². The van der Waals surface area contributed by atoms with Gasteiger partial charge in [-0.25, -0.2) is 9.97 Å². The van der Waals surface area contributed by atoms with Gasteiger partial charge >= 0.3 is 6.61 Å². The molecule has 0 unspecified atom stereocenters. The van der Waals surface area contributed by atoms with Crippen LogP contribution in [0.15, 0.2) is 30.6 Å². The number of ether oxygens (including phenoxy) is 1. The lowest BCUT2D eigenvalue weighted by Crippen LogP contribution is -2.08. The van der Waals surface area contributed by atoms with E-state index in [1.807, 2.05) is 20.0 Å². The van der Waals surface area contributed by atoms with Crippen molar-refractivity contribution >= 4 is 16.9 Å². The highest BCUT2D eigenvalue weighted by Gasteiger charge is 2.11. The number of nitrogens with one attached hydrogen (secondary N) is 1. The SMILES string of the molecule is Cc1nn(C)c2ncc(CNc3ncccc3OC(F)F)cc12. The van der Waals surface area contributed by atoms with Crippen molar-refractivity contribution in [3.8, 4) is 5.75 Å². The first kappa shape index (κ1) is 15.1. The predicted molar refractivity (Wildman–Crippen MR) is 81.4 cm³/mol. The van der Waals surface area contributed by atoms with Crippen molar-refractivity contribution < 1.29 is 13.5 Å². The van der Waals surface area contributed by atoms with E-state index in [9.17, 15) is 8.78 Å². The molecule has 6 nitrogen and oxygen atoms in total. The first-order valence-corrected chi connectivity index (χ1v) is 6.96. The molecule has 3 aromatic heterocycles. The number of halogens is 2. The Labute approximate surface area is 131 Å². The number of fused-ring (bicyclic) bond motifs is 1. The van der Waals surface area contributed by atoms with Crippen molar-refractivity contribution in [1.82, 2.24) is 19.7 Å². The van der Waals surface area contributed by atoms with Crippen LogP contribution >= 0.6 is 0 Å². The molecule has 3 heterocycles. The number of nitrogens with zero attached hydrogens (tertiary/aromatic N) is 4. The number of aromatic nitrogens is 4. The Bertz CT molecular complexity index is 834. The molecule has 0 spiro atoms. The molecule has 23 heavy (non-hydrogen) atoms. The van der Waals surface area contributed by atoms with E-state index in [4.69, 9.17) is 0 Å². The Kier molecular flexibility index (Phi) is 4.05. The van der Waals surface area contributed by atoms with Crippen LogP contribution in [0.25, 0.3) is 11.0 Å². The maximum Gasteiger partial charge on any atom is 0.387 e. The third-order valence-electron chi connectivity index (χ3n) is 3.37. The number of aryl methyl sites for hydroxylation is 2. The quantitative estimate of drug-likeness (QED) is 0.783. The standard InChI is InChI=1S/C15H15F2N5O/c1-9-11-6-10(8-20-14(11)22(2)21-9)7-19-13-12(23-15(16)17)4-3-5-18-13/h3-6,8,15H,7H2,1-2H3,(H,18,19). The molecule has 8 heteroatoms. The molecule has 3 aromatic rings. The van der Waals surface area contributed by atoms with E-state index < -0.39 is 6.61 Å². The van der Waals surface area contributed by atoms with Crippen LogP contribution in [-0.2, 0) is 13.6 Å². The molecular weight excluding hydrogens is 304 g/mol. The Morgan fingerprint density at radius 2 is 2.17 bits per heavy atom. The second-order valence-corrected chi connectivity index (χ2v) is 5.01. The number of anilines is 1. The number of alkyl halides is 2. The Morgan fingerprint density at radius 3 is 2.96 bits per heavy atom. The summed E-state index contributed by atoms with van der Waals surface area (Å²) in [6.07, 6.45) is 3.22. The molecule has 0 atom stereocenters. The van der Waals surface area contributed by atoms with E-state index in [-0.39, 0.29) is 11.6 Å². The van der Waals surface area contributed by atoms with Crippen molar-refractivity contribution in [2.75, 3.05) is 5.32 Å². The number of rotatable bonds is 5. The van der Waals surface area contributed by atoms with Crippen LogP contribution in [-0.4, -0.2) is 26.4 Å². The fourth-order valence-electron chi connectivity index (χ4n) is 2.35. The van der Waals surface area contributed by atoms with Crippen LogP contribution < -0.4 is 10.1 Å². The number of hydrogen-bond acceptors (Lipinski definition) is 5. The molecule has 0 aliphatic carbocycles. The molecule has 120 valence electrons. The summed E-state index contributed by atoms with van der Waals surface area (Å²) in [7, 11) is 1.84. The number of pyridine rings is 2. The molecule has 0 amide bonds. The van der Waals surface area contributed by atoms with Crippen molar-refractivity contribution in [3.63, 3.8) is 0 Å². The highest BCUT2D eigenvalue weighted by Crippen LogP contribution is 2.24. The van der Waals surface area contributed by atoms with Gasteiger partial charge in [0.2, 0.25) is 0 Å². The minimum atomic E-state index is -2.89. The molecular formula is C15H15F2N5O. The van der Waals surface area contributed by atoms with Gasteiger partial charge in [0.25, 0.3) is 0 Å². The lowest BCUT2D eigenvalue weighted by Gasteiger charge is -2.11. The average molecular weight is 319 g/mol. The van der Waals surface area contributed by atoms with Crippen molar-refractivity contribution in [2.45, 2.75) is 20.1 Å². The zero-order chi connectivity index (χ0) is 16.4. The molecule has 0 fully saturated rings. The van der Waals surface area contributed by atoms with E-state index in [0.29, 0.717) is 6.54 Å². The molecule has 0 radical (unpaired) electrons. The van der Waals surface area contributed by atoms with Gasteiger partial charge in [-0.1, -0.05) is 0 Å². The van der Waals surface area contributed by atoms with E-state index in [0.717, 1.165) is 22.3 Å². The molecule has 0 saturated heterocycles. The minimum Gasteiger partial charge on any atom is -0.431 e. The summed E-state index contributed by atoms with van der Waals surface area (Å²) in [5.41, 5.74) is 2.57. The fourth-order valence-corrected chi connectivity index (χ4v) is 2.35. The highest BCUT2D eigenvalue weighted by atomic mass is 19.3. The van der Waals surface area contributed by atoms with Crippen molar-refractivity contribution in [3.05, 3.63) is 41.9 Å². The van der Waals surface area contributed by atoms with E-state index in [1.54, 1.807) is 10.9 Å². The van der Waals surface area contributed by atoms with Gasteiger partial charge in [-0.2, -0.15) is 13.9 Å². The van der Waals surface area contributed by atoms with Crippen LogP contribution in [0.4, 0.5) is 14.6 Å². The van der Waals surface area contributed by atoms with Crippen LogP contribution in [0.5, 0.6) is 5.75 Å². The van der Waals surface area contributed by atoms with Crippen molar-refractivity contribution in [2.24, 2.45) is 7.05 Å². The van der Waals surface area contributed by atoms with Gasteiger partial charge in [-0.15, -0.1) is 0 Å². The summed E-state index contributed by atoms with van der Waals surface area (Å²) in [6, 6.07) is 4.94. The molecule has 0 saturated carbocycles. The summed E-state index contributed by atoms with van der Waals surface area (Å²) in [4.78, 5) is 8.40. The molecule has 0 aliphatic rings. The zero-order valence-corrected chi connectivity index (χ0v) is 12.6. The molecule has 0 aromatic carbocycles. The summed E-state index contributed by atoms with van der Waals surface area (Å²) < 4.78 is 30.9. The number of hydrogen-bond donors (Lipinski definition) is 1. The average Bonchev–Trinajstić information content (AvgIpc) is 2.80. The summed E-state index contributed by atoms with van der Waals surface area (Å²) in [5.74, 6) is 0.268.